The van der Waals surface area contributed by atoms with Gasteiger partial charge in [-0.2, -0.15) is 0 Å². The molecule has 2 nitrogen and oxygen atoms in total. The minimum atomic E-state index is -0.475. The van der Waals surface area contributed by atoms with Crippen molar-refractivity contribution in [1.82, 2.24) is 0 Å². The van der Waals surface area contributed by atoms with Crippen LogP contribution in [0.25, 0.3) is 0 Å². The maximum Gasteiger partial charge on any atom is 0.154 e. The van der Waals surface area contributed by atoms with Gasteiger partial charge in [0.25, 0.3) is 0 Å². The van der Waals surface area contributed by atoms with E-state index >= 15 is 0 Å². The van der Waals surface area contributed by atoms with Gasteiger partial charge in [-0.15, -0.1) is 0 Å². The van der Waals surface area contributed by atoms with Gasteiger partial charge in [0.05, 0.1) is 13.2 Å². The number of aryl methyl sites for hydroxylation is 5. The molecule has 3 fully saturated rings. The van der Waals surface area contributed by atoms with Crippen LogP contribution in [-0.2, 0) is 9.47 Å². The molecule has 5 heteroatoms. The number of hydrogen-bond acceptors (Lipinski definition) is 2. The summed E-state index contributed by atoms with van der Waals surface area (Å²) in [5.74, 6) is 3.59. The van der Waals surface area contributed by atoms with E-state index in [4.69, 9.17) is 9.47 Å². The van der Waals surface area contributed by atoms with Crippen LogP contribution in [0.15, 0.2) is 54.6 Å². The molecule has 3 aromatic rings. The van der Waals surface area contributed by atoms with E-state index in [1.54, 1.807) is 19.9 Å². The molecule has 2 saturated carbocycles. The Hall–Kier alpha value is -2.63. The maximum atomic E-state index is 12.6. The molecular formula is C47H75F3O2. The zero-order valence-electron chi connectivity index (χ0n) is 34.2. The third-order valence-electron chi connectivity index (χ3n) is 9.81. The molecule has 0 radical (unpaired) electrons. The fourth-order valence-corrected chi connectivity index (χ4v) is 5.66. The molecular weight excluding hydrogens is 654 g/mol. The van der Waals surface area contributed by atoms with Crippen molar-refractivity contribution in [3.63, 3.8) is 0 Å². The Kier molecular flexibility index (Phi) is 25.7. The van der Waals surface area contributed by atoms with Gasteiger partial charge in [-0.1, -0.05) is 141 Å². The molecule has 0 atom stereocenters. The van der Waals surface area contributed by atoms with E-state index in [9.17, 15) is 13.2 Å². The van der Waals surface area contributed by atoms with Crippen LogP contribution in [0.3, 0.4) is 0 Å². The van der Waals surface area contributed by atoms with Crippen LogP contribution in [0.1, 0.15) is 134 Å². The Morgan fingerprint density at radius 3 is 1.02 bits per heavy atom. The van der Waals surface area contributed by atoms with E-state index in [0.717, 1.165) is 42.4 Å². The van der Waals surface area contributed by atoms with Crippen molar-refractivity contribution in [2.45, 2.75) is 148 Å². The lowest BCUT2D eigenvalue weighted by Crippen LogP contribution is -2.27. The van der Waals surface area contributed by atoms with Crippen LogP contribution in [0, 0.1) is 88.6 Å². The zero-order valence-corrected chi connectivity index (χ0v) is 34.2. The first-order valence-electron chi connectivity index (χ1n) is 19.4. The van der Waals surface area contributed by atoms with Crippen LogP contribution in [0.5, 0.6) is 0 Å². The Bertz CT molecular complexity index is 1210. The first-order valence-corrected chi connectivity index (χ1v) is 19.4. The van der Waals surface area contributed by atoms with Crippen LogP contribution < -0.4 is 0 Å². The van der Waals surface area contributed by atoms with E-state index in [0.29, 0.717) is 17.0 Å². The van der Waals surface area contributed by atoms with E-state index < -0.39 is 11.6 Å². The number of hydrogen-bond donors (Lipinski definition) is 0. The van der Waals surface area contributed by atoms with Gasteiger partial charge in [0.1, 0.15) is 17.5 Å². The average molecular weight is 729 g/mol. The topological polar surface area (TPSA) is 18.5 Å². The molecule has 3 aromatic carbocycles. The van der Waals surface area contributed by atoms with Crippen molar-refractivity contribution >= 4 is 0 Å². The van der Waals surface area contributed by atoms with Gasteiger partial charge in [-0.05, 0) is 107 Å². The van der Waals surface area contributed by atoms with Crippen LogP contribution >= 0.6 is 0 Å². The fraction of sp³-hybridized carbons (Fsp3) is 0.617. The van der Waals surface area contributed by atoms with E-state index in [1.807, 2.05) is 19.9 Å². The lowest BCUT2D eigenvalue weighted by atomic mass is 9.84. The molecule has 1 saturated heterocycles. The molecule has 0 aromatic heterocycles. The van der Waals surface area contributed by atoms with Crippen LogP contribution in [0.2, 0.25) is 0 Å². The predicted molar refractivity (Wildman–Crippen MR) is 218 cm³/mol. The second-order valence-electron chi connectivity index (χ2n) is 15.8. The molecule has 296 valence electrons. The lowest BCUT2D eigenvalue weighted by Gasteiger charge is -2.24. The second kappa shape index (κ2) is 27.0. The van der Waals surface area contributed by atoms with Crippen molar-refractivity contribution in [3.8, 4) is 0 Å². The largest absolute Gasteiger partial charge is 0.353 e. The van der Waals surface area contributed by atoms with E-state index in [2.05, 4.69) is 72.7 Å². The monoisotopic (exact) mass is 729 g/mol. The standard InChI is InChI=1S/C8H8F2.C8H9F.2C8H16.C8H10.C6H12O2.CH4/c1-5-3-7(9)6(2)8(10)4-5;1-6-3-4-7(2)8(9)5-6;3*1-7-3-5-8(2)6-4-7;1-5-3-7-6(2)8-4-5;/h3-4H,1-2H3;3-5H,1-2H3;2*7-8H,3-6H2,1-2H3;3-6H,1-2H3;5-6H,3-4H2,1-2H3;1H4. The summed E-state index contributed by atoms with van der Waals surface area (Å²) in [7, 11) is 0. The molecule has 0 spiro atoms. The number of rotatable bonds is 0. The molecule has 0 bridgehead atoms. The first kappa shape index (κ1) is 49.4. The van der Waals surface area contributed by atoms with Crippen molar-refractivity contribution < 1.29 is 22.6 Å². The number of ether oxygens (including phenoxy) is 2. The fourth-order valence-electron chi connectivity index (χ4n) is 5.66. The smallest absolute Gasteiger partial charge is 0.154 e. The van der Waals surface area contributed by atoms with Crippen molar-refractivity contribution in [3.05, 3.63) is 105 Å². The lowest BCUT2D eigenvalue weighted by molar-refractivity contribution is -0.187. The third kappa shape index (κ3) is 23.1. The van der Waals surface area contributed by atoms with Crippen molar-refractivity contribution in [2.24, 2.45) is 29.6 Å². The summed E-state index contributed by atoms with van der Waals surface area (Å²) < 4.78 is 48.1. The summed E-state index contributed by atoms with van der Waals surface area (Å²) >= 11 is 0. The number of halogens is 3. The van der Waals surface area contributed by atoms with Gasteiger partial charge in [0, 0.05) is 11.5 Å². The summed E-state index contributed by atoms with van der Waals surface area (Å²) in [6.07, 6.45) is 11.8. The first-order chi connectivity index (χ1) is 24.0. The molecule has 0 N–H and O–H groups in total. The summed E-state index contributed by atoms with van der Waals surface area (Å²) in [6, 6.07) is 16.3. The highest BCUT2D eigenvalue weighted by atomic mass is 19.1. The molecule has 0 amide bonds. The maximum absolute atomic E-state index is 12.6. The average Bonchev–Trinajstić information content (AvgIpc) is 3.09. The summed E-state index contributed by atoms with van der Waals surface area (Å²) in [6.45, 7) is 26.1. The van der Waals surface area contributed by atoms with Gasteiger partial charge in [0.2, 0.25) is 0 Å². The van der Waals surface area contributed by atoms with Crippen LogP contribution in [0.4, 0.5) is 13.2 Å². The highest BCUT2D eigenvalue weighted by Gasteiger charge is 2.15. The summed E-state index contributed by atoms with van der Waals surface area (Å²) in [5, 5.41) is 0. The SMILES string of the molecule is C.CC1CCC(C)CC1.CC1CCC(C)CC1.CC1COC(C)OC1.Cc1cc(F)c(C)c(F)c1.Cc1ccc(C)c(F)c1.Cc1ccc(C)cc1. The molecule has 6 rings (SSSR count). The highest BCUT2D eigenvalue weighted by Crippen LogP contribution is 2.28. The molecule has 0 unspecified atom stereocenters. The Morgan fingerprint density at radius 1 is 0.423 bits per heavy atom. The van der Waals surface area contributed by atoms with Crippen molar-refractivity contribution in [1.29, 1.82) is 0 Å². The molecule has 3 aliphatic rings. The molecule has 1 aliphatic heterocycles. The minimum absolute atomic E-state index is 0. The second-order valence-corrected chi connectivity index (χ2v) is 15.8. The van der Waals surface area contributed by atoms with E-state index in [1.165, 1.54) is 87.6 Å². The quantitative estimate of drug-likeness (QED) is 0.229. The third-order valence-corrected chi connectivity index (χ3v) is 9.81. The van der Waals surface area contributed by atoms with Gasteiger partial charge in [-0.25, -0.2) is 13.2 Å². The van der Waals surface area contributed by atoms with E-state index in [-0.39, 0.29) is 25.1 Å². The Morgan fingerprint density at radius 2 is 0.731 bits per heavy atom. The van der Waals surface area contributed by atoms with Gasteiger partial charge >= 0.3 is 0 Å². The predicted octanol–water partition coefficient (Wildman–Crippen LogP) is 14.6. The van der Waals surface area contributed by atoms with Gasteiger partial charge in [0.15, 0.2) is 6.29 Å². The summed E-state index contributed by atoms with van der Waals surface area (Å²) in [4.78, 5) is 0. The Labute approximate surface area is 318 Å². The van der Waals surface area contributed by atoms with Gasteiger partial charge < -0.3 is 9.47 Å². The van der Waals surface area contributed by atoms with Crippen LogP contribution in [-0.4, -0.2) is 19.5 Å². The number of benzene rings is 3. The molecule has 1 heterocycles. The molecule has 2 aliphatic carbocycles. The zero-order chi connectivity index (χ0) is 38.5. The van der Waals surface area contributed by atoms with Gasteiger partial charge in [-0.3, -0.25) is 0 Å². The normalized spacial score (nSPS) is 23.4. The van der Waals surface area contributed by atoms with Crippen molar-refractivity contribution in [2.75, 3.05) is 13.2 Å². The summed E-state index contributed by atoms with van der Waals surface area (Å²) in [5.41, 5.74) is 5.04. The highest BCUT2D eigenvalue weighted by molar-refractivity contribution is 5.24. The molecule has 52 heavy (non-hydrogen) atoms. The Balaban J connectivity index is 0.000000599. The minimum Gasteiger partial charge on any atom is -0.353 e.